The third-order valence-electron chi connectivity index (χ3n) is 5.52. The van der Waals surface area contributed by atoms with Gasteiger partial charge in [0.15, 0.2) is 0 Å². The van der Waals surface area contributed by atoms with Crippen molar-refractivity contribution in [3.05, 3.63) is 71.8 Å². The van der Waals surface area contributed by atoms with Gasteiger partial charge in [-0.05, 0) is 37.8 Å². The number of benzene rings is 2. The Morgan fingerprint density at radius 2 is 1.07 bits per heavy atom. The number of hydrogen-bond donors (Lipinski definition) is 2. The maximum Gasteiger partial charge on any atom is 0.317 e. The molecule has 2 fully saturated rings. The average molecular weight is 409 g/mol. The number of nitrogens with zero attached hydrogens (tertiary/aromatic N) is 2. The van der Waals surface area contributed by atoms with Crippen LogP contribution in [0.15, 0.2) is 60.7 Å². The van der Waals surface area contributed by atoms with E-state index in [2.05, 4.69) is 34.9 Å². The van der Waals surface area contributed by atoms with Gasteiger partial charge < -0.3 is 20.4 Å². The van der Waals surface area contributed by atoms with Gasteiger partial charge in [0, 0.05) is 26.2 Å². The van der Waals surface area contributed by atoms with Crippen molar-refractivity contribution >= 4 is 12.1 Å². The van der Waals surface area contributed by atoms with E-state index < -0.39 is 0 Å². The fourth-order valence-corrected chi connectivity index (χ4v) is 3.89. The van der Waals surface area contributed by atoms with Crippen LogP contribution in [0.1, 0.15) is 25.0 Å². The summed E-state index contributed by atoms with van der Waals surface area (Å²) < 4.78 is 0. The maximum absolute atomic E-state index is 11.4. The first kappa shape index (κ1) is 21.7. The maximum atomic E-state index is 11.4. The van der Waals surface area contributed by atoms with Gasteiger partial charge in [-0.3, -0.25) is 0 Å². The van der Waals surface area contributed by atoms with Gasteiger partial charge in [0.2, 0.25) is 0 Å². The molecular formula is C24H32N4O2. The van der Waals surface area contributed by atoms with E-state index in [1.54, 1.807) is 0 Å². The highest BCUT2D eigenvalue weighted by molar-refractivity contribution is 5.77. The number of amides is 4. The first-order valence-electron chi connectivity index (χ1n) is 10.8. The topological polar surface area (TPSA) is 64.7 Å². The lowest BCUT2D eigenvalue weighted by Gasteiger charge is -2.11. The number of hydrogen-bond acceptors (Lipinski definition) is 2. The van der Waals surface area contributed by atoms with E-state index in [1.807, 2.05) is 60.0 Å². The minimum absolute atomic E-state index is 0.0680. The minimum Gasteiger partial charge on any atom is -0.333 e. The summed E-state index contributed by atoms with van der Waals surface area (Å²) in [4.78, 5) is 26.5. The van der Waals surface area contributed by atoms with Gasteiger partial charge in [-0.15, -0.1) is 0 Å². The molecule has 0 aliphatic carbocycles. The highest BCUT2D eigenvalue weighted by Gasteiger charge is 2.27. The lowest BCUT2D eigenvalue weighted by molar-refractivity contribution is 0.219. The van der Waals surface area contributed by atoms with Crippen molar-refractivity contribution in [3.8, 4) is 0 Å². The van der Waals surface area contributed by atoms with Crippen molar-refractivity contribution in [2.24, 2.45) is 0 Å². The normalized spacial score (nSPS) is 20.5. The van der Waals surface area contributed by atoms with E-state index in [4.69, 9.17) is 0 Å². The van der Waals surface area contributed by atoms with Gasteiger partial charge in [-0.2, -0.15) is 0 Å². The molecule has 0 spiro atoms. The highest BCUT2D eigenvalue weighted by atomic mass is 16.2. The molecule has 30 heavy (non-hydrogen) atoms. The van der Waals surface area contributed by atoms with Crippen LogP contribution < -0.4 is 10.6 Å². The summed E-state index contributed by atoms with van der Waals surface area (Å²) >= 11 is 0. The molecule has 4 rings (SSSR count). The van der Waals surface area contributed by atoms with Crippen molar-refractivity contribution in [1.29, 1.82) is 0 Å². The molecule has 0 saturated carbocycles. The molecule has 0 bridgehead atoms. The van der Waals surface area contributed by atoms with Crippen LogP contribution in [0.3, 0.4) is 0 Å². The van der Waals surface area contributed by atoms with Crippen LogP contribution in [-0.2, 0) is 12.8 Å². The molecule has 0 unspecified atom stereocenters. The summed E-state index contributed by atoms with van der Waals surface area (Å²) in [7, 11) is 0. The van der Waals surface area contributed by atoms with Crippen molar-refractivity contribution in [2.75, 3.05) is 26.2 Å². The molecule has 2 aromatic carbocycles. The second-order valence-electron chi connectivity index (χ2n) is 7.75. The standard InChI is InChI=1S/2C12H16N2O/c2*1-2-14-9-11(13-12(14)15)8-10-6-4-3-5-7-10/h2*3-7,11H,2,8-9H2,1H3,(H,13,15)/t2*11-/m10/s1. The smallest absolute Gasteiger partial charge is 0.317 e. The van der Waals surface area contributed by atoms with Gasteiger partial charge >= 0.3 is 12.1 Å². The molecule has 2 saturated heterocycles. The van der Waals surface area contributed by atoms with Crippen LogP contribution in [0.5, 0.6) is 0 Å². The number of urea groups is 2. The number of carbonyl (C=O) groups excluding carboxylic acids is 2. The van der Waals surface area contributed by atoms with E-state index in [0.29, 0.717) is 0 Å². The van der Waals surface area contributed by atoms with Crippen LogP contribution in [-0.4, -0.2) is 60.1 Å². The van der Waals surface area contributed by atoms with E-state index in [1.165, 1.54) is 11.1 Å². The summed E-state index contributed by atoms with van der Waals surface area (Å²) in [5.74, 6) is 0. The zero-order chi connectivity index (χ0) is 21.3. The Bertz CT molecular complexity index is 743. The molecule has 160 valence electrons. The van der Waals surface area contributed by atoms with Gasteiger partial charge in [0.05, 0.1) is 12.1 Å². The Kier molecular flexibility index (Phi) is 7.71. The van der Waals surface area contributed by atoms with Crippen molar-refractivity contribution in [1.82, 2.24) is 20.4 Å². The second-order valence-corrected chi connectivity index (χ2v) is 7.75. The molecule has 0 radical (unpaired) electrons. The van der Waals surface area contributed by atoms with Crippen LogP contribution in [0.2, 0.25) is 0 Å². The number of carbonyl (C=O) groups is 2. The SMILES string of the molecule is CCN1C[C@@H](Cc2ccccc2)NC1=O.CCN1C[C@H](Cc2ccccc2)NC1=O. The number of rotatable bonds is 6. The molecule has 4 amide bonds. The predicted molar refractivity (Wildman–Crippen MR) is 119 cm³/mol. The molecule has 2 N–H and O–H groups in total. The highest BCUT2D eigenvalue weighted by Crippen LogP contribution is 2.11. The Balaban J connectivity index is 0.000000171. The van der Waals surface area contributed by atoms with Crippen LogP contribution >= 0.6 is 0 Å². The number of likely N-dealkylation sites (N-methyl/N-ethyl adjacent to an activating group) is 2. The third-order valence-corrected chi connectivity index (χ3v) is 5.52. The molecule has 2 aliphatic rings. The third kappa shape index (κ3) is 5.99. The Morgan fingerprint density at radius 1 is 0.700 bits per heavy atom. The first-order valence-corrected chi connectivity index (χ1v) is 10.8. The predicted octanol–water partition coefficient (Wildman–Crippen LogP) is 3.29. The van der Waals surface area contributed by atoms with Gasteiger partial charge in [-0.1, -0.05) is 60.7 Å². The summed E-state index contributed by atoms with van der Waals surface area (Å²) in [6, 6.07) is 21.2. The second kappa shape index (κ2) is 10.7. The van der Waals surface area contributed by atoms with E-state index in [0.717, 1.165) is 39.0 Å². The van der Waals surface area contributed by atoms with E-state index >= 15 is 0 Å². The largest absolute Gasteiger partial charge is 0.333 e. The van der Waals surface area contributed by atoms with E-state index in [9.17, 15) is 9.59 Å². The quantitative estimate of drug-likeness (QED) is 0.770. The molecule has 2 aromatic rings. The van der Waals surface area contributed by atoms with E-state index in [-0.39, 0.29) is 24.1 Å². The van der Waals surface area contributed by atoms with Crippen molar-refractivity contribution in [2.45, 2.75) is 38.8 Å². The Morgan fingerprint density at radius 3 is 1.37 bits per heavy atom. The molecule has 6 nitrogen and oxygen atoms in total. The molecule has 2 heterocycles. The van der Waals surface area contributed by atoms with Crippen LogP contribution in [0.25, 0.3) is 0 Å². The molecule has 2 atom stereocenters. The minimum atomic E-state index is 0.0680. The van der Waals surface area contributed by atoms with Gasteiger partial charge in [0.1, 0.15) is 0 Å². The lowest BCUT2D eigenvalue weighted by atomic mass is 10.1. The molecule has 6 heteroatoms. The Hall–Kier alpha value is -3.02. The summed E-state index contributed by atoms with van der Waals surface area (Å²) in [6.07, 6.45) is 1.84. The number of nitrogens with one attached hydrogen (secondary N) is 2. The lowest BCUT2D eigenvalue weighted by Crippen LogP contribution is -2.29. The monoisotopic (exact) mass is 408 g/mol. The first-order chi connectivity index (χ1) is 14.6. The molecule has 0 aromatic heterocycles. The molecule has 2 aliphatic heterocycles. The molecular weight excluding hydrogens is 376 g/mol. The van der Waals surface area contributed by atoms with Gasteiger partial charge in [0.25, 0.3) is 0 Å². The fraction of sp³-hybridized carbons (Fsp3) is 0.417. The summed E-state index contributed by atoms with van der Waals surface area (Å²) in [6.45, 7) is 7.23. The summed E-state index contributed by atoms with van der Waals surface area (Å²) in [5.41, 5.74) is 2.56. The fourth-order valence-electron chi connectivity index (χ4n) is 3.89. The average Bonchev–Trinajstić information content (AvgIpc) is 3.30. The van der Waals surface area contributed by atoms with Crippen LogP contribution in [0, 0.1) is 0 Å². The van der Waals surface area contributed by atoms with Crippen molar-refractivity contribution in [3.63, 3.8) is 0 Å². The summed E-state index contributed by atoms with van der Waals surface area (Å²) in [5, 5.41) is 5.98. The zero-order valence-electron chi connectivity index (χ0n) is 17.9. The van der Waals surface area contributed by atoms with Gasteiger partial charge in [-0.25, -0.2) is 9.59 Å². The van der Waals surface area contributed by atoms with Crippen molar-refractivity contribution < 1.29 is 9.59 Å². The zero-order valence-corrected chi connectivity index (χ0v) is 17.9. The van der Waals surface area contributed by atoms with Crippen LogP contribution in [0.4, 0.5) is 9.59 Å². The Labute approximate surface area is 179 Å².